The summed E-state index contributed by atoms with van der Waals surface area (Å²) < 4.78 is 0. The maximum Gasteiger partial charge on any atom is 0.116 e. The van der Waals surface area contributed by atoms with Crippen molar-refractivity contribution >= 4 is 22.4 Å². The summed E-state index contributed by atoms with van der Waals surface area (Å²) in [7, 11) is 0. The van der Waals surface area contributed by atoms with Gasteiger partial charge in [0.15, 0.2) is 0 Å². The van der Waals surface area contributed by atoms with Gasteiger partial charge >= 0.3 is 0 Å². The second-order valence-corrected chi connectivity index (χ2v) is 4.27. The van der Waals surface area contributed by atoms with Crippen LogP contribution in [0, 0.1) is 0 Å². The van der Waals surface area contributed by atoms with Gasteiger partial charge in [-0.1, -0.05) is 18.2 Å². The highest BCUT2D eigenvalue weighted by Gasteiger charge is 2.17. The number of halogens is 1. The fraction of sp³-hybridized carbons (Fsp3) is 0.231. The van der Waals surface area contributed by atoms with Crippen molar-refractivity contribution in [3.8, 4) is 5.75 Å². The minimum absolute atomic E-state index is 0.0285. The molecule has 3 nitrogen and oxygen atoms in total. The molecule has 0 aliphatic carbocycles. The first kappa shape index (κ1) is 12.2. The molecule has 3 N–H and O–H groups in total. The highest BCUT2D eigenvalue weighted by Crippen LogP contribution is 2.25. The van der Waals surface area contributed by atoms with E-state index in [9.17, 15) is 15.3 Å². The summed E-state index contributed by atoms with van der Waals surface area (Å²) in [5, 5.41) is 30.4. The van der Waals surface area contributed by atoms with Crippen molar-refractivity contribution in [1.82, 2.24) is 0 Å². The average molecular weight is 253 g/mol. The molecule has 0 aliphatic heterocycles. The number of aliphatic hydroxyl groups excluding tert-OH is 2. The number of alkyl halides is 1. The zero-order chi connectivity index (χ0) is 12.4. The largest absolute Gasteiger partial charge is 0.508 e. The van der Waals surface area contributed by atoms with Crippen LogP contribution >= 0.6 is 11.6 Å². The molecule has 0 saturated carbocycles. The molecule has 2 aromatic carbocycles. The second kappa shape index (κ2) is 4.92. The Labute approximate surface area is 104 Å². The van der Waals surface area contributed by atoms with Gasteiger partial charge in [-0.25, -0.2) is 0 Å². The first-order chi connectivity index (χ1) is 8.11. The summed E-state index contributed by atoms with van der Waals surface area (Å²) in [5.74, 6) is 0.140. The van der Waals surface area contributed by atoms with E-state index in [4.69, 9.17) is 11.6 Å². The fourth-order valence-corrected chi connectivity index (χ4v) is 1.91. The van der Waals surface area contributed by atoms with Crippen LogP contribution in [0.1, 0.15) is 11.7 Å². The molecule has 2 rings (SSSR count). The third-order valence-electron chi connectivity index (χ3n) is 2.71. The molecule has 0 spiro atoms. The monoisotopic (exact) mass is 252 g/mol. The molecule has 17 heavy (non-hydrogen) atoms. The van der Waals surface area contributed by atoms with Crippen LogP contribution in [0.2, 0.25) is 0 Å². The van der Waals surface area contributed by atoms with Crippen LogP contribution in [-0.2, 0) is 0 Å². The number of phenols is 1. The number of benzene rings is 2. The number of hydrogen-bond donors (Lipinski definition) is 3. The molecule has 90 valence electrons. The van der Waals surface area contributed by atoms with E-state index in [1.165, 1.54) is 0 Å². The molecular weight excluding hydrogens is 240 g/mol. The van der Waals surface area contributed by atoms with Crippen LogP contribution < -0.4 is 0 Å². The number of rotatable bonds is 3. The standard InChI is InChI=1S/C13H13ClO3/c14-7-12(16)13(17)9-2-1-8-3-4-11(15)6-10(8)5-9/h1-6,12-13,15-17H,7H2. The zero-order valence-corrected chi connectivity index (χ0v) is 9.80. The quantitative estimate of drug-likeness (QED) is 0.734. The molecule has 0 bridgehead atoms. The van der Waals surface area contributed by atoms with Crippen molar-refractivity contribution in [2.24, 2.45) is 0 Å². The van der Waals surface area contributed by atoms with E-state index in [0.29, 0.717) is 5.56 Å². The van der Waals surface area contributed by atoms with Crippen molar-refractivity contribution in [1.29, 1.82) is 0 Å². The lowest BCUT2D eigenvalue weighted by atomic mass is 10.0. The summed E-state index contributed by atoms with van der Waals surface area (Å²) in [6, 6.07) is 10.3. The number of hydrogen-bond acceptors (Lipinski definition) is 3. The molecular formula is C13H13ClO3. The molecule has 0 radical (unpaired) electrons. The van der Waals surface area contributed by atoms with Gasteiger partial charge in [0.25, 0.3) is 0 Å². The van der Waals surface area contributed by atoms with Crippen molar-refractivity contribution in [3.63, 3.8) is 0 Å². The summed E-state index contributed by atoms with van der Waals surface area (Å²) in [6.07, 6.45) is -2.01. The zero-order valence-electron chi connectivity index (χ0n) is 9.05. The van der Waals surface area contributed by atoms with E-state index in [-0.39, 0.29) is 11.6 Å². The Balaban J connectivity index is 2.43. The van der Waals surface area contributed by atoms with Crippen LogP contribution in [0.5, 0.6) is 5.75 Å². The Morgan fingerprint density at radius 2 is 1.71 bits per heavy atom. The molecule has 4 heteroatoms. The van der Waals surface area contributed by atoms with Gasteiger partial charge in [-0.3, -0.25) is 0 Å². The Morgan fingerprint density at radius 1 is 1.00 bits per heavy atom. The van der Waals surface area contributed by atoms with E-state index in [2.05, 4.69) is 0 Å². The predicted molar refractivity (Wildman–Crippen MR) is 67.3 cm³/mol. The average Bonchev–Trinajstić information content (AvgIpc) is 2.36. The van der Waals surface area contributed by atoms with Crippen LogP contribution in [0.25, 0.3) is 10.8 Å². The third kappa shape index (κ3) is 2.52. The van der Waals surface area contributed by atoms with E-state index < -0.39 is 12.2 Å². The normalized spacial score (nSPS) is 14.8. The maximum absolute atomic E-state index is 9.82. The molecule has 0 fully saturated rings. The summed E-state index contributed by atoms with van der Waals surface area (Å²) >= 11 is 5.49. The smallest absolute Gasteiger partial charge is 0.116 e. The van der Waals surface area contributed by atoms with Crippen LogP contribution in [-0.4, -0.2) is 27.3 Å². The molecule has 2 atom stereocenters. The SMILES string of the molecule is Oc1ccc2ccc(C(O)C(O)CCl)cc2c1. The summed E-state index contributed by atoms with van der Waals surface area (Å²) in [6.45, 7) is 0. The lowest BCUT2D eigenvalue weighted by Crippen LogP contribution is -2.19. The molecule has 0 saturated heterocycles. The minimum Gasteiger partial charge on any atom is -0.508 e. The second-order valence-electron chi connectivity index (χ2n) is 3.96. The van der Waals surface area contributed by atoms with Gasteiger partial charge in [0.05, 0.1) is 12.0 Å². The van der Waals surface area contributed by atoms with Gasteiger partial charge in [-0.2, -0.15) is 0 Å². The predicted octanol–water partition coefficient (Wildman–Crippen LogP) is 2.18. The Hall–Kier alpha value is -1.29. The minimum atomic E-state index is -1.01. The number of phenolic OH excluding ortho intramolecular Hbond substituents is 1. The van der Waals surface area contributed by atoms with E-state index in [1.54, 1.807) is 30.3 Å². The maximum atomic E-state index is 9.82. The molecule has 0 amide bonds. The molecule has 0 aromatic heterocycles. The lowest BCUT2D eigenvalue weighted by molar-refractivity contribution is 0.0328. The Kier molecular flexibility index (Phi) is 3.52. The van der Waals surface area contributed by atoms with Gasteiger partial charge < -0.3 is 15.3 Å². The van der Waals surface area contributed by atoms with Crippen LogP contribution in [0.4, 0.5) is 0 Å². The van der Waals surface area contributed by atoms with Crippen LogP contribution in [0.3, 0.4) is 0 Å². The number of aromatic hydroxyl groups is 1. The number of fused-ring (bicyclic) bond motifs is 1. The summed E-state index contributed by atoms with van der Waals surface area (Å²) in [5.41, 5.74) is 0.580. The summed E-state index contributed by atoms with van der Waals surface area (Å²) in [4.78, 5) is 0. The van der Waals surface area contributed by atoms with E-state index in [0.717, 1.165) is 10.8 Å². The first-order valence-electron chi connectivity index (χ1n) is 5.26. The topological polar surface area (TPSA) is 60.7 Å². The highest BCUT2D eigenvalue weighted by molar-refractivity contribution is 6.18. The van der Waals surface area contributed by atoms with Gasteiger partial charge in [0.1, 0.15) is 11.9 Å². The van der Waals surface area contributed by atoms with Gasteiger partial charge in [-0.05, 0) is 34.5 Å². The van der Waals surface area contributed by atoms with Gasteiger partial charge in [-0.15, -0.1) is 11.6 Å². The number of aliphatic hydroxyl groups is 2. The molecule has 0 aliphatic rings. The van der Waals surface area contributed by atoms with E-state index in [1.807, 2.05) is 6.07 Å². The lowest BCUT2D eigenvalue weighted by Gasteiger charge is -2.16. The van der Waals surface area contributed by atoms with Gasteiger partial charge in [0.2, 0.25) is 0 Å². The molecule has 0 heterocycles. The molecule has 2 unspecified atom stereocenters. The third-order valence-corrected chi connectivity index (χ3v) is 3.03. The Bertz CT molecular complexity index is 527. The van der Waals surface area contributed by atoms with E-state index >= 15 is 0 Å². The van der Waals surface area contributed by atoms with Crippen LogP contribution in [0.15, 0.2) is 36.4 Å². The molecule has 2 aromatic rings. The highest BCUT2D eigenvalue weighted by atomic mass is 35.5. The first-order valence-corrected chi connectivity index (χ1v) is 5.80. The Morgan fingerprint density at radius 3 is 2.41 bits per heavy atom. The fourth-order valence-electron chi connectivity index (χ4n) is 1.74. The van der Waals surface area contributed by atoms with Crippen molar-refractivity contribution in [3.05, 3.63) is 42.0 Å². The van der Waals surface area contributed by atoms with Crippen molar-refractivity contribution < 1.29 is 15.3 Å². The van der Waals surface area contributed by atoms with Crippen molar-refractivity contribution in [2.75, 3.05) is 5.88 Å². The van der Waals surface area contributed by atoms with Crippen molar-refractivity contribution in [2.45, 2.75) is 12.2 Å². The van der Waals surface area contributed by atoms with Gasteiger partial charge in [0, 0.05) is 0 Å².